The summed E-state index contributed by atoms with van der Waals surface area (Å²) in [6, 6.07) is -0.727. The van der Waals surface area contributed by atoms with E-state index >= 15 is 0 Å². The molecule has 0 saturated carbocycles. The molecule has 0 heterocycles. The summed E-state index contributed by atoms with van der Waals surface area (Å²) in [6.07, 6.45) is 0. The summed E-state index contributed by atoms with van der Waals surface area (Å²) < 4.78 is 13.8. The van der Waals surface area contributed by atoms with Crippen molar-refractivity contribution >= 4 is 5.97 Å². The van der Waals surface area contributed by atoms with Crippen LogP contribution in [0.3, 0.4) is 0 Å². The molecule has 0 aliphatic carbocycles. The minimum atomic E-state index is -0.727. The van der Waals surface area contributed by atoms with E-state index in [0.29, 0.717) is 0 Å². The first-order chi connectivity index (χ1) is 5.22. The molecule has 0 aromatic heterocycles. The van der Waals surface area contributed by atoms with Crippen molar-refractivity contribution in [3.05, 3.63) is 0 Å². The Hall–Kier alpha value is -0.650. The number of rotatable bonds is 5. The molecule has 66 valence electrons. The third kappa shape index (κ3) is 4.72. The maximum atomic E-state index is 10.6. The van der Waals surface area contributed by atoms with E-state index in [2.05, 4.69) is 9.47 Å². The first kappa shape index (κ1) is 10.3. The smallest absolute Gasteiger partial charge is 0.325 e. The average Bonchev–Trinajstić information content (AvgIpc) is 2.03. The Morgan fingerprint density at radius 2 is 2.18 bits per heavy atom. The fraction of sp³-hybridized carbons (Fsp3) is 0.833. The molecule has 11 heavy (non-hydrogen) atoms. The van der Waals surface area contributed by atoms with Crippen molar-refractivity contribution in [2.45, 2.75) is 6.04 Å². The van der Waals surface area contributed by atoms with Gasteiger partial charge in [-0.2, -0.15) is 0 Å². The van der Waals surface area contributed by atoms with Gasteiger partial charge in [0.05, 0.1) is 13.7 Å². The van der Waals surface area contributed by atoms with Crippen LogP contribution >= 0.6 is 0 Å². The second-order valence-electron chi connectivity index (χ2n) is 1.91. The number of methoxy groups -OCH3 is 2. The van der Waals surface area contributed by atoms with Gasteiger partial charge in [-0.3, -0.25) is 4.79 Å². The van der Waals surface area contributed by atoms with Gasteiger partial charge in [-0.05, 0) is 0 Å². The minimum absolute atomic E-state index is 0.112. The summed E-state index contributed by atoms with van der Waals surface area (Å²) in [5.41, 5.74) is 5.31. The van der Waals surface area contributed by atoms with Crippen LogP contribution in [0, 0.1) is 0 Å². The van der Waals surface area contributed by atoms with E-state index in [1.807, 2.05) is 0 Å². The summed E-state index contributed by atoms with van der Waals surface area (Å²) >= 11 is 0. The highest BCUT2D eigenvalue weighted by atomic mass is 16.7. The summed E-state index contributed by atoms with van der Waals surface area (Å²) in [5.74, 6) is -0.485. The fourth-order valence-electron chi connectivity index (χ4n) is 0.478. The molecule has 0 aromatic carbocycles. The molecule has 0 radical (unpaired) electrons. The molecule has 0 rings (SSSR count). The number of ether oxygens (including phenoxy) is 3. The Labute approximate surface area is 65.4 Å². The minimum Gasteiger partial charge on any atom is -0.468 e. The molecule has 1 atom stereocenters. The van der Waals surface area contributed by atoms with E-state index in [1.54, 1.807) is 0 Å². The normalized spacial score (nSPS) is 12.6. The van der Waals surface area contributed by atoms with Gasteiger partial charge in [0.2, 0.25) is 0 Å². The number of carbonyl (C=O) groups excluding carboxylic acids is 1. The predicted molar refractivity (Wildman–Crippen MR) is 37.8 cm³/mol. The van der Waals surface area contributed by atoms with Crippen LogP contribution in [0.2, 0.25) is 0 Å². The SMILES string of the molecule is COCOC[C@H](N)C(=O)OC. The van der Waals surface area contributed by atoms with Gasteiger partial charge in [0.25, 0.3) is 0 Å². The lowest BCUT2D eigenvalue weighted by Gasteiger charge is -2.08. The van der Waals surface area contributed by atoms with E-state index in [1.165, 1.54) is 14.2 Å². The van der Waals surface area contributed by atoms with Crippen LogP contribution in [-0.4, -0.2) is 39.6 Å². The van der Waals surface area contributed by atoms with Gasteiger partial charge >= 0.3 is 5.97 Å². The van der Waals surface area contributed by atoms with E-state index < -0.39 is 12.0 Å². The molecule has 0 saturated heterocycles. The number of carbonyl (C=O) groups is 1. The zero-order chi connectivity index (χ0) is 8.69. The lowest BCUT2D eigenvalue weighted by Crippen LogP contribution is -2.36. The Morgan fingerprint density at radius 3 is 2.64 bits per heavy atom. The Morgan fingerprint density at radius 1 is 1.55 bits per heavy atom. The number of hydrogen-bond donors (Lipinski definition) is 1. The highest BCUT2D eigenvalue weighted by Gasteiger charge is 2.12. The highest BCUT2D eigenvalue weighted by Crippen LogP contribution is 1.85. The Balaban J connectivity index is 3.36. The average molecular weight is 163 g/mol. The molecule has 0 aliphatic rings. The van der Waals surface area contributed by atoms with Gasteiger partial charge < -0.3 is 19.9 Å². The van der Waals surface area contributed by atoms with Crippen molar-refractivity contribution in [3.63, 3.8) is 0 Å². The fourth-order valence-corrected chi connectivity index (χ4v) is 0.478. The van der Waals surface area contributed by atoms with Gasteiger partial charge in [-0.25, -0.2) is 0 Å². The third-order valence-electron chi connectivity index (χ3n) is 1.00. The molecule has 5 heteroatoms. The van der Waals surface area contributed by atoms with E-state index in [4.69, 9.17) is 10.5 Å². The van der Waals surface area contributed by atoms with Gasteiger partial charge in [0.1, 0.15) is 12.8 Å². The Bertz CT molecular complexity index is 117. The van der Waals surface area contributed by atoms with Crippen molar-refractivity contribution in [2.75, 3.05) is 27.6 Å². The topological polar surface area (TPSA) is 70.8 Å². The lowest BCUT2D eigenvalue weighted by atomic mass is 10.3. The van der Waals surface area contributed by atoms with Crippen LogP contribution < -0.4 is 5.73 Å². The summed E-state index contributed by atoms with van der Waals surface area (Å²) in [7, 11) is 2.77. The van der Waals surface area contributed by atoms with Crippen LogP contribution in [0.5, 0.6) is 0 Å². The zero-order valence-corrected chi connectivity index (χ0v) is 6.70. The van der Waals surface area contributed by atoms with Gasteiger partial charge in [-0.15, -0.1) is 0 Å². The summed E-state index contributed by atoms with van der Waals surface area (Å²) in [6.45, 7) is 0.241. The molecule has 0 aliphatic heterocycles. The van der Waals surface area contributed by atoms with Crippen LogP contribution in [0.4, 0.5) is 0 Å². The van der Waals surface area contributed by atoms with Crippen LogP contribution in [0.15, 0.2) is 0 Å². The largest absolute Gasteiger partial charge is 0.468 e. The highest BCUT2D eigenvalue weighted by molar-refractivity contribution is 5.75. The molecule has 0 unspecified atom stereocenters. The van der Waals surface area contributed by atoms with Gasteiger partial charge in [0.15, 0.2) is 0 Å². The quantitative estimate of drug-likeness (QED) is 0.323. The van der Waals surface area contributed by atoms with Crippen molar-refractivity contribution in [1.29, 1.82) is 0 Å². The molecule has 0 amide bonds. The summed E-state index contributed by atoms with van der Waals surface area (Å²) in [4.78, 5) is 10.6. The van der Waals surface area contributed by atoms with Crippen LogP contribution in [-0.2, 0) is 19.0 Å². The standard InChI is InChI=1S/C6H13NO4/c1-9-4-11-3-5(7)6(8)10-2/h5H,3-4,7H2,1-2H3/t5-/m0/s1. The first-order valence-corrected chi connectivity index (χ1v) is 3.12. The van der Waals surface area contributed by atoms with Crippen molar-refractivity contribution in [1.82, 2.24) is 0 Å². The number of esters is 1. The summed E-state index contributed by atoms with van der Waals surface area (Å²) in [5, 5.41) is 0. The van der Waals surface area contributed by atoms with E-state index in [9.17, 15) is 4.79 Å². The van der Waals surface area contributed by atoms with Crippen LogP contribution in [0.25, 0.3) is 0 Å². The van der Waals surface area contributed by atoms with E-state index in [0.717, 1.165) is 0 Å². The molecule has 5 nitrogen and oxygen atoms in total. The lowest BCUT2D eigenvalue weighted by molar-refractivity contribution is -0.144. The molecule has 0 bridgehead atoms. The number of hydrogen-bond acceptors (Lipinski definition) is 5. The maximum Gasteiger partial charge on any atom is 0.325 e. The maximum absolute atomic E-state index is 10.6. The first-order valence-electron chi connectivity index (χ1n) is 3.12. The second-order valence-corrected chi connectivity index (χ2v) is 1.91. The zero-order valence-electron chi connectivity index (χ0n) is 6.70. The number of nitrogens with two attached hydrogens (primary N) is 1. The van der Waals surface area contributed by atoms with Crippen molar-refractivity contribution in [3.8, 4) is 0 Å². The molecule has 2 N–H and O–H groups in total. The van der Waals surface area contributed by atoms with Gasteiger partial charge in [-0.1, -0.05) is 0 Å². The molecule has 0 spiro atoms. The molecular formula is C6H13NO4. The predicted octanol–water partition coefficient (Wildman–Crippen LogP) is -0.893. The van der Waals surface area contributed by atoms with Crippen molar-refractivity contribution in [2.24, 2.45) is 5.73 Å². The molecule has 0 fully saturated rings. The van der Waals surface area contributed by atoms with Crippen molar-refractivity contribution < 1.29 is 19.0 Å². The van der Waals surface area contributed by atoms with Gasteiger partial charge in [0, 0.05) is 7.11 Å². The van der Waals surface area contributed by atoms with Crippen LogP contribution in [0.1, 0.15) is 0 Å². The Kier molecular flexibility index (Phi) is 5.73. The third-order valence-corrected chi connectivity index (χ3v) is 1.00. The second kappa shape index (κ2) is 6.09. The monoisotopic (exact) mass is 163 g/mol. The molecular weight excluding hydrogens is 150 g/mol. The molecule has 0 aromatic rings. The van der Waals surface area contributed by atoms with E-state index in [-0.39, 0.29) is 13.4 Å².